The number of carbonyl (C=O) groups is 1. The Morgan fingerprint density at radius 1 is 1.06 bits per heavy atom. The van der Waals surface area contributed by atoms with Gasteiger partial charge in [-0.2, -0.15) is 0 Å². The van der Waals surface area contributed by atoms with Crippen LogP contribution in [0.3, 0.4) is 0 Å². The van der Waals surface area contributed by atoms with E-state index in [1.807, 2.05) is 0 Å². The number of hydrogen-bond donors (Lipinski definition) is 1. The zero-order chi connectivity index (χ0) is 25.2. The van der Waals surface area contributed by atoms with Crippen molar-refractivity contribution in [3.63, 3.8) is 0 Å². The number of hydrogen-bond acceptors (Lipinski definition) is 2. The monoisotopic (exact) mass is 485 g/mol. The Labute approximate surface area is 216 Å². The largest absolute Gasteiger partial charge is 0.446 e. The summed E-state index contributed by atoms with van der Waals surface area (Å²) in [6, 6.07) is 0. The molecule has 0 spiro atoms. The van der Waals surface area contributed by atoms with Gasteiger partial charge in [0.25, 0.3) is 0 Å². The lowest BCUT2D eigenvalue weighted by Crippen LogP contribution is -2.51. The summed E-state index contributed by atoms with van der Waals surface area (Å²) in [6.07, 6.45) is 19.0. The average molecular weight is 486 g/mol. The second-order valence-corrected chi connectivity index (χ2v) is 13.8. The van der Waals surface area contributed by atoms with E-state index in [4.69, 9.17) is 4.74 Å². The maximum absolute atomic E-state index is 12.2. The highest BCUT2D eigenvalue weighted by atomic mass is 16.6. The van der Waals surface area contributed by atoms with Gasteiger partial charge in [0.05, 0.1) is 0 Å². The van der Waals surface area contributed by atoms with Gasteiger partial charge in [-0.3, -0.25) is 0 Å². The van der Waals surface area contributed by atoms with Gasteiger partial charge < -0.3 is 10.1 Å². The first-order valence-electron chi connectivity index (χ1n) is 15.3. The van der Waals surface area contributed by atoms with Gasteiger partial charge in [0.2, 0.25) is 0 Å². The molecule has 3 nitrogen and oxygen atoms in total. The summed E-state index contributed by atoms with van der Waals surface area (Å²) in [7, 11) is 0. The third-order valence-corrected chi connectivity index (χ3v) is 11.3. The smallest absolute Gasteiger partial charge is 0.407 e. The first-order valence-corrected chi connectivity index (χ1v) is 15.3. The summed E-state index contributed by atoms with van der Waals surface area (Å²) >= 11 is 0. The van der Waals surface area contributed by atoms with Crippen LogP contribution >= 0.6 is 0 Å². The number of unbranched alkanes of at least 4 members (excludes halogenated alkanes) is 1. The Morgan fingerprint density at radius 2 is 1.86 bits per heavy atom. The minimum absolute atomic E-state index is 0.0592. The fraction of sp³-hybridized carbons (Fsp3) is 0.906. The number of nitrogens with one attached hydrogen (secondary N) is 1. The van der Waals surface area contributed by atoms with Crippen LogP contribution < -0.4 is 5.32 Å². The Morgan fingerprint density at radius 3 is 2.60 bits per heavy atom. The zero-order valence-electron chi connectivity index (χ0n) is 23.8. The first-order chi connectivity index (χ1) is 16.7. The molecule has 0 radical (unpaired) electrons. The molecule has 1 N–H and O–H groups in total. The number of alkyl carbamates (subject to hydrolysis) is 1. The van der Waals surface area contributed by atoms with E-state index in [0.717, 1.165) is 67.7 Å². The fourth-order valence-electron chi connectivity index (χ4n) is 9.31. The van der Waals surface area contributed by atoms with Crippen molar-refractivity contribution in [3.05, 3.63) is 11.6 Å². The highest BCUT2D eigenvalue weighted by molar-refractivity contribution is 5.67. The number of ether oxygens (including phenoxy) is 1. The van der Waals surface area contributed by atoms with Crippen LogP contribution in [0.25, 0.3) is 0 Å². The molecule has 8 atom stereocenters. The number of rotatable bonds is 9. The van der Waals surface area contributed by atoms with Gasteiger partial charge in [-0.05, 0) is 97.7 Å². The zero-order valence-corrected chi connectivity index (χ0v) is 23.8. The maximum Gasteiger partial charge on any atom is 0.407 e. The van der Waals surface area contributed by atoms with Crippen molar-refractivity contribution >= 4 is 6.09 Å². The maximum atomic E-state index is 12.2. The lowest BCUT2D eigenvalue weighted by molar-refractivity contribution is -0.0581. The quantitative estimate of drug-likeness (QED) is 0.261. The van der Waals surface area contributed by atoms with Crippen LogP contribution in [-0.4, -0.2) is 18.7 Å². The van der Waals surface area contributed by atoms with Crippen molar-refractivity contribution in [2.75, 3.05) is 6.54 Å². The molecule has 0 aromatic carbocycles. The molecule has 3 fully saturated rings. The highest BCUT2D eigenvalue weighted by Crippen LogP contribution is 2.67. The molecule has 3 saturated carbocycles. The molecular formula is C32H55NO2. The molecule has 35 heavy (non-hydrogen) atoms. The highest BCUT2D eigenvalue weighted by Gasteiger charge is 2.59. The van der Waals surface area contributed by atoms with Crippen molar-refractivity contribution in [2.45, 2.75) is 131 Å². The van der Waals surface area contributed by atoms with Crippen molar-refractivity contribution in [1.29, 1.82) is 0 Å². The number of allylic oxidation sites excluding steroid dienone is 1. The number of fused-ring (bicyclic) bond motifs is 5. The van der Waals surface area contributed by atoms with E-state index in [2.05, 4.69) is 52.9 Å². The third-order valence-electron chi connectivity index (χ3n) is 11.3. The lowest BCUT2D eigenvalue weighted by atomic mass is 9.47. The third kappa shape index (κ3) is 5.49. The molecule has 3 heteroatoms. The standard InChI is InChI=1S/C32H55NO2/c1-7-8-20-33-30(34)35-25-16-18-31(5)24(21-25)12-13-26-28-15-14-27(23(4)11-9-10-22(2)3)32(28,6)19-17-29(26)31/h12,22-23,25-29H,7-11,13-21H2,1-6H3,(H,33,34). The Kier molecular flexibility index (Phi) is 8.64. The van der Waals surface area contributed by atoms with E-state index in [9.17, 15) is 4.79 Å². The summed E-state index contributed by atoms with van der Waals surface area (Å²) in [5, 5.41) is 2.94. The summed E-state index contributed by atoms with van der Waals surface area (Å²) in [5.41, 5.74) is 2.48. The van der Waals surface area contributed by atoms with Crippen LogP contribution in [-0.2, 0) is 4.74 Å². The van der Waals surface area contributed by atoms with Gasteiger partial charge in [0, 0.05) is 13.0 Å². The van der Waals surface area contributed by atoms with Crippen molar-refractivity contribution < 1.29 is 9.53 Å². The van der Waals surface area contributed by atoms with Crippen LogP contribution in [0.4, 0.5) is 4.79 Å². The minimum atomic E-state index is -0.214. The Bertz CT molecular complexity index is 759. The summed E-state index contributed by atoms with van der Waals surface area (Å²) in [6.45, 7) is 15.4. The Balaban J connectivity index is 1.39. The van der Waals surface area contributed by atoms with Crippen LogP contribution in [0.15, 0.2) is 11.6 Å². The topological polar surface area (TPSA) is 38.3 Å². The predicted octanol–water partition coefficient (Wildman–Crippen LogP) is 8.92. The summed E-state index contributed by atoms with van der Waals surface area (Å²) in [5.74, 6) is 5.24. The van der Waals surface area contributed by atoms with Gasteiger partial charge >= 0.3 is 6.09 Å². The SMILES string of the molecule is CCCCNC(=O)OC1CCC2(C)C(=CCC3C2CCC2(C)C(C(C)CCCC(C)C)CCC32)C1. The van der Waals surface area contributed by atoms with Gasteiger partial charge in [0.1, 0.15) is 6.10 Å². The van der Waals surface area contributed by atoms with Crippen molar-refractivity contribution in [1.82, 2.24) is 5.32 Å². The molecule has 0 aromatic rings. The van der Waals surface area contributed by atoms with Crippen LogP contribution in [0, 0.1) is 46.3 Å². The molecular weight excluding hydrogens is 430 g/mol. The molecule has 0 aromatic heterocycles. The van der Waals surface area contributed by atoms with Gasteiger partial charge in [0.15, 0.2) is 0 Å². The first kappa shape index (κ1) is 27.1. The van der Waals surface area contributed by atoms with E-state index in [1.165, 1.54) is 57.8 Å². The van der Waals surface area contributed by atoms with Gasteiger partial charge in [-0.1, -0.05) is 78.9 Å². The molecule has 8 unspecified atom stereocenters. The second kappa shape index (κ2) is 11.2. The summed E-state index contributed by atoms with van der Waals surface area (Å²) < 4.78 is 5.85. The normalized spacial score (nSPS) is 39.3. The second-order valence-electron chi connectivity index (χ2n) is 13.8. The van der Waals surface area contributed by atoms with E-state index < -0.39 is 0 Å². The number of carbonyl (C=O) groups excluding carboxylic acids is 1. The number of amides is 1. The fourth-order valence-corrected chi connectivity index (χ4v) is 9.31. The molecule has 4 aliphatic carbocycles. The van der Waals surface area contributed by atoms with Crippen LogP contribution in [0.2, 0.25) is 0 Å². The Hall–Kier alpha value is -0.990. The minimum Gasteiger partial charge on any atom is -0.446 e. The molecule has 0 aliphatic heterocycles. The van der Waals surface area contributed by atoms with Gasteiger partial charge in [-0.25, -0.2) is 4.79 Å². The van der Waals surface area contributed by atoms with Gasteiger partial charge in [-0.15, -0.1) is 0 Å². The lowest BCUT2D eigenvalue weighted by Gasteiger charge is -2.58. The van der Waals surface area contributed by atoms with E-state index >= 15 is 0 Å². The molecule has 0 bridgehead atoms. The van der Waals surface area contributed by atoms with Crippen molar-refractivity contribution in [3.8, 4) is 0 Å². The molecule has 0 saturated heterocycles. The average Bonchev–Trinajstić information content (AvgIpc) is 3.16. The molecule has 0 heterocycles. The molecule has 4 aliphatic rings. The van der Waals surface area contributed by atoms with E-state index in [1.54, 1.807) is 5.57 Å². The van der Waals surface area contributed by atoms with E-state index in [-0.39, 0.29) is 12.2 Å². The van der Waals surface area contributed by atoms with E-state index in [0.29, 0.717) is 10.8 Å². The van der Waals surface area contributed by atoms with Crippen molar-refractivity contribution in [2.24, 2.45) is 46.3 Å². The van der Waals surface area contributed by atoms with Crippen LogP contribution in [0.5, 0.6) is 0 Å². The molecule has 4 rings (SSSR count). The summed E-state index contributed by atoms with van der Waals surface area (Å²) in [4.78, 5) is 12.2. The van der Waals surface area contributed by atoms with Crippen LogP contribution in [0.1, 0.15) is 125 Å². The predicted molar refractivity (Wildman–Crippen MR) is 146 cm³/mol. The molecule has 200 valence electrons. The molecule has 1 amide bonds.